The van der Waals surface area contributed by atoms with Gasteiger partial charge in [-0.25, -0.2) is 0 Å². The number of aromatic hydroxyl groups is 1. The standard InChI is InChI=1S/C10H8N4O4S/c15-8-3-7(14(17)18)2-1-6(8)4-11-13-10-12-9(16)5-19-10/h1-4,15H,5H2,(H,12,13,16)/b11-4+. The zero-order valence-corrected chi connectivity index (χ0v) is 10.3. The van der Waals surface area contributed by atoms with E-state index in [1.165, 1.54) is 30.1 Å². The molecule has 0 spiro atoms. The van der Waals surface area contributed by atoms with Gasteiger partial charge in [0.15, 0.2) is 5.17 Å². The third kappa shape index (κ3) is 3.28. The number of thioether (sulfide) groups is 1. The van der Waals surface area contributed by atoms with Gasteiger partial charge in [0, 0.05) is 11.6 Å². The van der Waals surface area contributed by atoms with Gasteiger partial charge in [-0.3, -0.25) is 14.9 Å². The number of nitro groups is 1. The van der Waals surface area contributed by atoms with Gasteiger partial charge in [-0.15, -0.1) is 5.10 Å². The lowest BCUT2D eigenvalue weighted by Gasteiger charge is -1.97. The minimum absolute atomic E-state index is 0.142. The van der Waals surface area contributed by atoms with E-state index in [0.29, 0.717) is 16.5 Å². The smallest absolute Gasteiger partial charge is 0.273 e. The van der Waals surface area contributed by atoms with Crippen LogP contribution in [0.15, 0.2) is 28.4 Å². The molecule has 9 heteroatoms. The summed E-state index contributed by atoms with van der Waals surface area (Å²) in [7, 11) is 0. The average molecular weight is 280 g/mol. The summed E-state index contributed by atoms with van der Waals surface area (Å²) in [6, 6.07) is 3.64. The van der Waals surface area contributed by atoms with E-state index in [1.807, 2.05) is 0 Å². The lowest BCUT2D eigenvalue weighted by molar-refractivity contribution is -0.384. The van der Waals surface area contributed by atoms with Crippen molar-refractivity contribution in [3.05, 3.63) is 33.9 Å². The molecular weight excluding hydrogens is 272 g/mol. The van der Waals surface area contributed by atoms with Crippen molar-refractivity contribution >= 4 is 34.7 Å². The summed E-state index contributed by atoms with van der Waals surface area (Å²) in [4.78, 5) is 20.7. The third-order valence-corrected chi connectivity index (χ3v) is 3.02. The minimum Gasteiger partial charge on any atom is -0.507 e. The second-order valence-electron chi connectivity index (χ2n) is 3.49. The predicted molar refractivity (Wildman–Crippen MR) is 70.4 cm³/mol. The molecule has 1 heterocycles. The fourth-order valence-corrected chi connectivity index (χ4v) is 1.91. The first-order valence-electron chi connectivity index (χ1n) is 5.07. The molecule has 1 aliphatic rings. The van der Waals surface area contributed by atoms with Crippen LogP contribution in [0.2, 0.25) is 0 Å². The van der Waals surface area contributed by atoms with Crippen LogP contribution in [0.3, 0.4) is 0 Å². The van der Waals surface area contributed by atoms with Crippen LogP contribution in [-0.2, 0) is 4.79 Å². The number of hydrogen-bond donors (Lipinski definition) is 2. The number of carbonyl (C=O) groups excluding carboxylic acids is 1. The van der Waals surface area contributed by atoms with E-state index in [1.54, 1.807) is 0 Å². The average Bonchev–Trinajstić information content (AvgIpc) is 2.77. The Morgan fingerprint density at radius 3 is 2.89 bits per heavy atom. The first-order valence-corrected chi connectivity index (χ1v) is 6.06. The molecule has 2 rings (SSSR count). The van der Waals surface area contributed by atoms with E-state index in [2.05, 4.69) is 15.5 Å². The molecule has 0 aliphatic carbocycles. The number of nitrogens with one attached hydrogen (secondary N) is 1. The van der Waals surface area contributed by atoms with Crippen molar-refractivity contribution < 1.29 is 14.8 Å². The first kappa shape index (κ1) is 13.0. The second kappa shape index (κ2) is 5.48. The molecule has 2 N–H and O–H groups in total. The molecule has 8 nitrogen and oxygen atoms in total. The van der Waals surface area contributed by atoms with Crippen LogP contribution in [0.5, 0.6) is 5.75 Å². The highest BCUT2D eigenvalue weighted by Crippen LogP contribution is 2.22. The van der Waals surface area contributed by atoms with Gasteiger partial charge in [-0.05, 0) is 6.07 Å². The van der Waals surface area contributed by atoms with Crippen LogP contribution in [0.1, 0.15) is 5.56 Å². The topological polar surface area (TPSA) is 117 Å². The number of carbonyl (C=O) groups is 1. The van der Waals surface area contributed by atoms with Crippen LogP contribution in [0.25, 0.3) is 0 Å². The Hall–Kier alpha value is -2.42. The van der Waals surface area contributed by atoms with Gasteiger partial charge in [0.25, 0.3) is 5.69 Å². The number of rotatable bonds is 3. The number of phenolic OH excluding ortho intramolecular Hbond substituents is 1. The van der Waals surface area contributed by atoms with Crippen LogP contribution >= 0.6 is 11.8 Å². The van der Waals surface area contributed by atoms with Crippen LogP contribution in [0, 0.1) is 10.1 Å². The molecule has 0 aromatic heterocycles. The molecule has 1 aliphatic heterocycles. The number of benzene rings is 1. The Kier molecular flexibility index (Phi) is 3.76. The number of amides is 1. The molecule has 98 valence electrons. The molecule has 1 amide bonds. The predicted octanol–water partition coefficient (Wildman–Crippen LogP) is 0.853. The highest BCUT2D eigenvalue weighted by molar-refractivity contribution is 8.15. The van der Waals surface area contributed by atoms with Crippen molar-refractivity contribution in [3.8, 4) is 5.75 Å². The first-order chi connectivity index (χ1) is 9.06. The van der Waals surface area contributed by atoms with Gasteiger partial charge in [-0.1, -0.05) is 11.8 Å². The quantitative estimate of drug-likeness (QED) is 0.483. The summed E-state index contributed by atoms with van der Waals surface area (Å²) < 4.78 is 0. The highest BCUT2D eigenvalue weighted by Gasteiger charge is 2.16. The van der Waals surface area contributed by atoms with E-state index < -0.39 is 4.92 Å². The van der Waals surface area contributed by atoms with Crippen molar-refractivity contribution in [2.24, 2.45) is 10.2 Å². The molecule has 1 fully saturated rings. The number of nitrogens with zero attached hydrogens (tertiary/aromatic N) is 3. The number of nitro benzene ring substituents is 1. The van der Waals surface area contributed by atoms with E-state index in [-0.39, 0.29) is 17.3 Å². The lowest BCUT2D eigenvalue weighted by Crippen LogP contribution is -2.19. The Labute approximate surface area is 111 Å². The Morgan fingerprint density at radius 2 is 2.32 bits per heavy atom. The summed E-state index contributed by atoms with van der Waals surface area (Å²) in [5, 5.41) is 30.3. The SMILES string of the molecule is O=C1CS/C(=N\N=C\c2ccc([N+](=O)[O-])cc2O)N1. The number of phenols is 1. The largest absolute Gasteiger partial charge is 0.507 e. The van der Waals surface area contributed by atoms with E-state index in [0.717, 1.165) is 6.07 Å². The molecule has 0 radical (unpaired) electrons. The van der Waals surface area contributed by atoms with Crippen molar-refractivity contribution in [3.63, 3.8) is 0 Å². The second-order valence-corrected chi connectivity index (χ2v) is 4.45. The van der Waals surface area contributed by atoms with Gasteiger partial charge in [0.1, 0.15) is 5.75 Å². The maximum atomic E-state index is 10.9. The van der Waals surface area contributed by atoms with Crippen LogP contribution < -0.4 is 5.32 Å². The molecule has 1 saturated heterocycles. The summed E-state index contributed by atoms with van der Waals surface area (Å²) in [5.41, 5.74) is 0.0869. The molecule has 1 aromatic carbocycles. The van der Waals surface area contributed by atoms with E-state index in [9.17, 15) is 20.0 Å². The normalized spacial score (nSPS) is 17.1. The molecule has 0 saturated carbocycles. The third-order valence-electron chi connectivity index (χ3n) is 2.16. The number of hydrogen-bond acceptors (Lipinski definition) is 7. The molecule has 0 unspecified atom stereocenters. The van der Waals surface area contributed by atoms with Gasteiger partial charge >= 0.3 is 0 Å². The van der Waals surface area contributed by atoms with Gasteiger partial charge < -0.3 is 10.4 Å². The van der Waals surface area contributed by atoms with Gasteiger partial charge in [0.05, 0.1) is 23.0 Å². The zero-order chi connectivity index (χ0) is 13.8. The summed E-state index contributed by atoms with van der Waals surface area (Å²) in [6.45, 7) is 0. The monoisotopic (exact) mass is 280 g/mol. The van der Waals surface area contributed by atoms with Crippen molar-refractivity contribution in [2.45, 2.75) is 0 Å². The van der Waals surface area contributed by atoms with E-state index in [4.69, 9.17) is 0 Å². The maximum Gasteiger partial charge on any atom is 0.273 e. The molecule has 0 bridgehead atoms. The lowest BCUT2D eigenvalue weighted by atomic mass is 10.2. The fraction of sp³-hybridized carbons (Fsp3) is 0.100. The summed E-state index contributed by atoms with van der Waals surface area (Å²) in [5.74, 6) is -0.102. The zero-order valence-electron chi connectivity index (χ0n) is 9.44. The van der Waals surface area contributed by atoms with Crippen molar-refractivity contribution in [2.75, 3.05) is 5.75 Å². The Morgan fingerprint density at radius 1 is 1.53 bits per heavy atom. The van der Waals surface area contributed by atoms with Gasteiger partial charge in [0.2, 0.25) is 5.91 Å². The van der Waals surface area contributed by atoms with Crippen LogP contribution in [-0.4, -0.2) is 33.1 Å². The summed E-state index contributed by atoms with van der Waals surface area (Å²) in [6.07, 6.45) is 1.25. The Balaban J connectivity index is 2.11. The number of non-ortho nitro benzene ring substituents is 1. The van der Waals surface area contributed by atoms with Gasteiger partial charge in [-0.2, -0.15) is 5.10 Å². The fourth-order valence-electron chi connectivity index (χ4n) is 1.28. The Bertz CT molecular complexity index is 599. The summed E-state index contributed by atoms with van der Waals surface area (Å²) >= 11 is 1.22. The number of amidine groups is 1. The molecule has 0 atom stereocenters. The van der Waals surface area contributed by atoms with Crippen LogP contribution in [0.4, 0.5) is 5.69 Å². The molecule has 19 heavy (non-hydrogen) atoms. The molecule has 1 aromatic rings. The van der Waals surface area contributed by atoms with Crippen molar-refractivity contribution in [1.82, 2.24) is 5.32 Å². The van der Waals surface area contributed by atoms with Crippen molar-refractivity contribution in [1.29, 1.82) is 0 Å². The minimum atomic E-state index is -0.606. The highest BCUT2D eigenvalue weighted by atomic mass is 32.2. The molecular formula is C10H8N4O4S. The van der Waals surface area contributed by atoms with E-state index >= 15 is 0 Å². The maximum absolute atomic E-state index is 10.9.